The molecule has 1 fully saturated rings. The molecule has 126 valence electrons. The number of hydrogen-bond acceptors (Lipinski definition) is 3. The number of amides is 1. The molecule has 1 aliphatic heterocycles. The van der Waals surface area contributed by atoms with Crippen molar-refractivity contribution in [2.45, 2.75) is 44.6 Å². The molecule has 0 radical (unpaired) electrons. The summed E-state index contributed by atoms with van der Waals surface area (Å²) in [7, 11) is 0. The molecule has 0 aliphatic carbocycles. The van der Waals surface area contributed by atoms with Gasteiger partial charge in [-0.15, -0.1) is 0 Å². The Morgan fingerprint density at radius 1 is 1.26 bits per heavy atom. The second kappa shape index (κ2) is 8.50. The van der Waals surface area contributed by atoms with E-state index in [0.717, 1.165) is 19.3 Å². The van der Waals surface area contributed by atoms with Crippen LogP contribution in [0.2, 0.25) is 0 Å². The summed E-state index contributed by atoms with van der Waals surface area (Å²) in [6.45, 7) is 0.769. The Hall–Kier alpha value is -2.11. The number of piperidine rings is 1. The minimum atomic E-state index is -0.842. The van der Waals surface area contributed by atoms with Crippen LogP contribution in [0, 0.1) is 5.82 Å². The van der Waals surface area contributed by atoms with Gasteiger partial charge in [0.2, 0.25) is 5.91 Å². The van der Waals surface area contributed by atoms with Crippen LogP contribution in [0.15, 0.2) is 24.3 Å². The number of aliphatic carboxylic acids is 1. The molecule has 1 unspecified atom stereocenters. The number of para-hydroxylation sites is 1. The minimum Gasteiger partial charge on any atom is -0.490 e. The van der Waals surface area contributed by atoms with Crippen LogP contribution in [0.4, 0.5) is 4.39 Å². The Labute approximate surface area is 135 Å². The third kappa shape index (κ3) is 5.23. The van der Waals surface area contributed by atoms with E-state index in [0.29, 0.717) is 13.0 Å². The third-order valence-electron chi connectivity index (χ3n) is 4.05. The van der Waals surface area contributed by atoms with Crippen LogP contribution in [0.1, 0.15) is 38.5 Å². The van der Waals surface area contributed by atoms with Crippen LogP contribution in [0.5, 0.6) is 5.75 Å². The highest BCUT2D eigenvalue weighted by Crippen LogP contribution is 2.22. The van der Waals surface area contributed by atoms with Gasteiger partial charge >= 0.3 is 5.97 Å². The van der Waals surface area contributed by atoms with E-state index in [-0.39, 0.29) is 37.1 Å². The lowest BCUT2D eigenvalue weighted by atomic mass is 9.97. The van der Waals surface area contributed by atoms with Crippen molar-refractivity contribution >= 4 is 11.9 Å². The molecular formula is C17H22FNO4. The van der Waals surface area contributed by atoms with Gasteiger partial charge in [-0.05, 0) is 37.8 Å². The number of carbonyl (C=O) groups excluding carboxylic acids is 1. The van der Waals surface area contributed by atoms with E-state index in [4.69, 9.17) is 9.84 Å². The maximum atomic E-state index is 13.4. The summed E-state index contributed by atoms with van der Waals surface area (Å²) in [6.07, 6.45) is 3.50. The summed E-state index contributed by atoms with van der Waals surface area (Å²) >= 11 is 0. The van der Waals surface area contributed by atoms with Crippen LogP contribution in [-0.2, 0) is 9.59 Å². The molecule has 23 heavy (non-hydrogen) atoms. The molecule has 1 heterocycles. The van der Waals surface area contributed by atoms with Gasteiger partial charge in [-0.1, -0.05) is 12.1 Å². The van der Waals surface area contributed by atoms with Crippen LogP contribution in [0.3, 0.4) is 0 Å². The predicted octanol–water partition coefficient (Wildman–Crippen LogP) is 2.84. The summed E-state index contributed by atoms with van der Waals surface area (Å²) in [5.74, 6) is -1.21. The number of likely N-dealkylation sites (tertiary alicyclic amines) is 1. The fourth-order valence-corrected chi connectivity index (χ4v) is 2.87. The lowest BCUT2D eigenvalue weighted by molar-refractivity contribution is -0.140. The maximum absolute atomic E-state index is 13.4. The van der Waals surface area contributed by atoms with E-state index in [2.05, 4.69) is 0 Å². The molecule has 2 rings (SSSR count). The second-order valence-electron chi connectivity index (χ2n) is 5.70. The number of hydrogen-bond donors (Lipinski definition) is 1. The first-order valence-corrected chi connectivity index (χ1v) is 7.96. The van der Waals surface area contributed by atoms with E-state index in [1.807, 2.05) is 0 Å². The van der Waals surface area contributed by atoms with Crippen LogP contribution < -0.4 is 4.74 Å². The normalized spacial score (nSPS) is 17.8. The highest BCUT2D eigenvalue weighted by molar-refractivity contribution is 5.77. The minimum absolute atomic E-state index is 0.0131. The highest BCUT2D eigenvalue weighted by Gasteiger charge is 2.26. The molecule has 1 aromatic rings. The summed E-state index contributed by atoms with van der Waals surface area (Å²) in [5, 5.41) is 8.80. The lowest BCUT2D eigenvalue weighted by Gasteiger charge is -2.35. The largest absolute Gasteiger partial charge is 0.490 e. The first-order valence-electron chi connectivity index (χ1n) is 7.96. The van der Waals surface area contributed by atoms with E-state index >= 15 is 0 Å². The van der Waals surface area contributed by atoms with Crippen molar-refractivity contribution in [3.63, 3.8) is 0 Å². The van der Waals surface area contributed by atoms with Gasteiger partial charge in [0.25, 0.3) is 0 Å². The Balaban J connectivity index is 1.83. The zero-order valence-electron chi connectivity index (χ0n) is 13.0. The Morgan fingerprint density at radius 3 is 2.78 bits per heavy atom. The summed E-state index contributed by atoms with van der Waals surface area (Å²) < 4.78 is 18.7. The highest BCUT2D eigenvalue weighted by atomic mass is 19.1. The molecule has 6 heteroatoms. The molecule has 0 spiro atoms. The number of rotatable bonds is 7. The number of halogens is 1. The van der Waals surface area contributed by atoms with Gasteiger partial charge in [0.1, 0.15) is 0 Å². The van der Waals surface area contributed by atoms with E-state index in [9.17, 15) is 14.0 Å². The average molecular weight is 323 g/mol. The zero-order valence-corrected chi connectivity index (χ0v) is 13.0. The number of benzene rings is 1. The van der Waals surface area contributed by atoms with Gasteiger partial charge in [0.15, 0.2) is 11.6 Å². The molecule has 5 nitrogen and oxygen atoms in total. The number of ether oxygens (including phenoxy) is 1. The van der Waals surface area contributed by atoms with Crippen molar-refractivity contribution in [2.24, 2.45) is 0 Å². The molecule has 0 saturated carbocycles. The Kier molecular flexibility index (Phi) is 6.38. The van der Waals surface area contributed by atoms with Crippen molar-refractivity contribution in [1.82, 2.24) is 4.90 Å². The van der Waals surface area contributed by atoms with Crippen molar-refractivity contribution in [3.05, 3.63) is 30.1 Å². The first-order chi connectivity index (χ1) is 11.1. The summed E-state index contributed by atoms with van der Waals surface area (Å²) in [6, 6.07) is 6.07. The summed E-state index contributed by atoms with van der Waals surface area (Å²) in [4.78, 5) is 24.8. The van der Waals surface area contributed by atoms with Crippen molar-refractivity contribution in [2.75, 3.05) is 13.2 Å². The molecule has 1 atom stereocenters. The van der Waals surface area contributed by atoms with Crippen molar-refractivity contribution in [3.8, 4) is 5.75 Å². The maximum Gasteiger partial charge on any atom is 0.303 e. The molecule has 1 aliphatic rings. The van der Waals surface area contributed by atoms with Crippen LogP contribution in [0.25, 0.3) is 0 Å². The lowest BCUT2D eigenvalue weighted by Crippen LogP contribution is -2.44. The molecular weight excluding hydrogens is 301 g/mol. The van der Waals surface area contributed by atoms with Gasteiger partial charge in [0, 0.05) is 19.0 Å². The van der Waals surface area contributed by atoms with Gasteiger partial charge in [-0.3, -0.25) is 9.59 Å². The Morgan fingerprint density at radius 2 is 2.04 bits per heavy atom. The molecule has 1 amide bonds. The van der Waals surface area contributed by atoms with Crippen molar-refractivity contribution < 1.29 is 23.8 Å². The van der Waals surface area contributed by atoms with Gasteiger partial charge in [-0.2, -0.15) is 0 Å². The van der Waals surface area contributed by atoms with E-state index in [1.165, 1.54) is 12.1 Å². The van der Waals surface area contributed by atoms with Gasteiger partial charge in [0.05, 0.1) is 13.0 Å². The second-order valence-corrected chi connectivity index (χ2v) is 5.70. The van der Waals surface area contributed by atoms with Crippen LogP contribution in [-0.4, -0.2) is 41.1 Å². The molecule has 1 aromatic carbocycles. The zero-order chi connectivity index (χ0) is 16.7. The van der Waals surface area contributed by atoms with Gasteiger partial charge in [-0.25, -0.2) is 4.39 Å². The van der Waals surface area contributed by atoms with Crippen LogP contribution >= 0.6 is 0 Å². The van der Waals surface area contributed by atoms with E-state index < -0.39 is 11.8 Å². The first kappa shape index (κ1) is 17.2. The van der Waals surface area contributed by atoms with E-state index in [1.54, 1.807) is 17.0 Å². The van der Waals surface area contributed by atoms with Crippen molar-refractivity contribution in [1.29, 1.82) is 0 Å². The fraction of sp³-hybridized carbons (Fsp3) is 0.529. The number of nitrogens with zero attached hydrogens (tertiary/aromatic N) is 1. The predicted molar refractivity (Wildman–Crippen MR) is 82.7 cm³/mol. The fourth-order valence-electron chi connectivity index (χ4n) is 2.87. The third-order valence-corrected chi connectivity index (χ3v) is 4.05. The topological polar surface area (TPSA) is 66.8 Å². The average Bonchev–Trinajstić information content (AvgIpc) is 2.55. The molecule has 1 saturated heterocycles. The Bertz CT molecular complexity index is 549. The monoisotopic (exact) mass is 323 g/mol. The molecule has 0 bridgehead atoms. The quantitative estimate of drug-likeness (QED) is 0.838. The molecule has 1 N–H and O–H groups in total. The smallest absolute Gasteiger partial charge is 0.303 e. The number of carboxylic acids is 1. The SMILES string of the molecule is O=C(O)CCC1CCCCN1C(=O)CCOc1ccccc1F. The number of carboxylic acid groups (broad SMARTS) is 1. The number of carbonyl (C=O) groups is 2. The molecule has 0 aromatic heterocycles. The standard InChI is InChI=1S/C17H22FNO4/c18-14-6-1-2-7-15(14)23-12-10-16(20)19-11-4-3-5-13(19)8-9-17(21)22/h1-2,6-7,13H,3-5,8-12H2,(H,21,22). The summed E-state index contributed by atoms with van der Waals surface area (Å²) in [5.41, 5.74) is 0. The van der Waals surface area contributed by atoms with Gasteiger partial charge < -0.3 is 14.7 Å².